The van der Waals surface area contributed by atoms with E-state index in [0.29, 0.717) is 11.5 Å². The lowest BCUT2D eigenvalue weighted by Gasteiger charge is -2.09. The van der Waals surface area contributed by atoms with Gasteiger partial charge in [0, 0.05) is 11.3 Å². The quantitative estimate of drug-likeness (QED) is 0.844. The minimum atomic E-state index is -0.0520. The maximum absolute atomic E-state index is 12.6. The van der Waals surface area contributed by atoms with Crippen molar-refractivity contribution in [2.75, 3.05) is 0 Å². The van der Waals surface area contributed by atoms with Gasteiger partial charge in [0.15, 0.2) is 0 Å². The third-order valence-electron chi connectivity index (χ3n) is 3.91. The molecule has 3 heteroatoms. The van der Waals surface area contributed by atoms with E-state index in [1.54, 1.807) is 4.68 Å². The molecule has 0 saturated heterocycles. The van der Waals surface area contributed by atoms with Crippen molar-refractivity contribution >= 4 is 5.91 Å². The lowest BCUT2D eigenvalue weighted by atomic mass is 9.97. The summed E-state index contributed by atoms with van der Waals surface area (Å²) in [6.45, 7) is 10.3. The molecule has 1 aromatic carbocycles. The zero-order valence-corrected chi connectivity index (χ0v) is 12.9. The molecule has 0 radical (unpaired) electrons. The molecule has 0 aliphatic heterocycles. The van der Waals surface area contributed by atoms with Gasteiger partial charge < -0.3 is 0 Å². The molecule has 0 aliphatic rings. The molecule has 1 aromatic heterocycles. The highest BCUT2D eigenvalue weighted by molar-refractivity contribution is 5.96. The standard InChI is InChI=1S/C17H22N2O/c1-6-12(3)16-13(4)18-19(14(16)5)17(20)15-9-7-8-11(2)10-15/h7-10,12H,6H2,1-5H3. The van der Waals surface area contributed by atoms with Crippen molar-refractivity contribution < 1.29 is 4.79 Å². The van der Waals surface area contributed by atoms with Crippen molar-refractivity contribution in [3.05, 3.63) is 52.3 Å². The summed E-state index contributed by atoms with van der Waals surface area (Å²) in [5, 5.41) is 4.45. The second-order valence-electron chi connectivity index (χ2n) is 5.48. The average molecular weight is 270 g/mol. The van der Waals surface area contributed by atoms with Crippen LogP contribution in [0.1, 0.15) is 59.1 Å². The summed E-state index contributed by atoms with van der Waals surface area (Å²) in [5.41, 5.74) is 4.89. The van der Waals surface area contributed by atoms with E-state index in [2.05, 4.69) is 18.9 Å². The fourth-order valence-corrected chi connectivity index (χ4v) is 2.67. The van der Waals surface area contributed by atoms with Crippen LogP contribution in [0.25, 0.3) is 0 Å². The lowest BCUT2D eigenvalue weighted by molar-refractivity contribution is 0.0942. The van der Waals surface area contributed by atoms with Gasteiger partial charge in [-0.15, -0.1) is 0 Å². The van der Waals surface area contributed by atoms with Crippen LogP contribution in [0, 0.1) is 20.8 Å². The third kappa shape index (κ3) is 2.53. The number of nitrogens with zero attached hydrogens (tertiary/aromatic N) is 2. The number of hydrogen-bond donors (Lipinski definition) is 0. The fraction of sp³-hybridized carbons (Fsp3) is 0.412. The Hall–Kier alpha value is -1.90. The van der Waals surface area contributed by atoms with Crippen LogP contribution in [0.4, 0.5) is 0 Å². The molecule has 0 saturated carbocycles. The monoisotopic (exact) mass is 270 g/mol. The van der Waals surface area contributed by atoms with Crippen LogP contribution in [0.5, 0.6) is 0 Å². The summed E-state index contributed by atoms with van der Waals surface area (Å²) in [7, 11) is 0. The molecule has 2 rings (SSSR count). The van der Waals surface area contributed by atoms with E-state index in [4.69, 9.17) is 0 Å². The highest BCUT2D eigenvalue weighted by Gasteiger charge is 2.20. The summed E-state index contributed by atoms with van der Waals surface area (Å²) in [6, 6.07) is 7.64. The van der Waals surface area contributed by atoms with E-state index in [1.165, 1.54) is 5.56 Å². The van der Waals surface area contributed by atoms with E-state index in [0.717, 1.165) is 23.4 Å². The topological polar surface area (TPSA) is 34.9 Å². The first-order valence-corrected chi connectivity index (χ1v) is 7.13. The van der Waals surface area contributed by atoms with Gasteiger partial charge in [-0.3, -0.25) is 4.79 Å². The second kappa shape index (κ2) is 5.61. The Morgan fingerprint density at radius 1 is 1.30 bits per heavy atom. The van der Waals surface area contributed by atoms with Gasteiger partial charge in [0.05, 0.1) is 5.69 Å². The Kier molecular flexibility index (Phi) is 4.07. The molecule has 1 unspecified atom stereocenters. The number of hydrogen-bond acceptors (Lipinski definition) is 2. The number of carbonyl (C=O) groups is 1. The number of aromatic nitrogens is 2. The van der Waals surface area contributed by atoms with Crippen molar-refractivity contribution in [1.82, 2.24) is 9.78 Å². The molecule has 0 bridgehead atoms. The van der Waals surface area contributed by atoms with Gasteiger partial charge >= 0.3 is 0 Å². The largest absolute Gasteiger partial charge is 0.278 e. The lowest BCUT2D eigenvalue weighted by Crippen LogP contribution is -2.15. The molecule has 0 aliphatic carbocycles. The molecule has 106 valence electrons. The minimum Gasteiger partial charge on any atom is -0.267 e. The predicted molar refractivity (Wildman–Crippen MR) is 81.3 cm³/mol. The average Bonchev–Trinajstić information content (AvgIpc) is 2.72. The van der Waals surface area contributed by atoms with Crippen molar-refractivity contribution in [2.24, 2.45) is 0 Å². The van der Waals surface area contributed by atoms with Crippen molar-refractivity contribution in [3.63, 3.8) is 0 Å². The van der Waals surface area contributed by atoms with Crippen LogP contribution in [0.15, 0.2) is 24.3 Å². The Morgan fingerprint density at radius 3 is 2.60 bits per heavy atom. The van der Waals surface area contributed by atoms with Crippen molar-refractivity contribution in [1.29, 1.82) is 0 Å². The molecule has 20 heavy (non-hydrogen) atoms. The van der Waals surface area contributed by atoms with E-state index in [9.17, 15) is 4.79 Å². The summed E-state index contributed by atoms with van der Waals surface area (Å²) in [4.78, 5) is 12.6. The number of aryl methyl sites for hydroxylation is 2. The van der Waals surface area contributed by atoms with Crippen LogP contribution in [0.3, 0.4) is 0 Å². The van der Waals surface area contributed by atoms with Gasteiger partial charge in [-0.25, -0.2) is 4.68 Å². The van der Waals surface area contributed by atoms with Gasteiger partial charge in [0.1, 0.15) is 0 Å². The number of benzene rings is 1. The smallest absolute Gasteiger partial charge is 0.267 e. The van der Waals surface area contributed by atoms with E-state index in [-0.39, 0.29) is 5.91 Å². The molecular weight excluding hydrogens is 248 g/mol. The molecule has 0 fully saturated rings. The van der Waals surface area contributed by atoms with E-state index in [1.807, 2.05) is 45.0 Å². The van der Waals surface area contributed by atoms with Gasteiger partial charge in [0.2, 0.25) is 0 Å². The first-order valence-electron chi connectivity index (χ1n) is 7.13. The fourth-order valence-electron chi connectivity index (χ4n) is 2.67. The SMILES string of the molecule is CCC(C)c1c(C)nn(C(=O)c2cccc(C)c2)c1C. The maximum atomic E-state index is 12.6. The van der Waals surface area contributed by atoms with Gasteiger partial charge in [-0.05, 0) is 50.8 Å². The molecule has 0 N–H and O–H groups in total. The predicted octanol–water partition coefficient (Wildman–Crippen LogP) is 4.01. The Balaban J connectivity index is 2.46. The Labute approximate surface area is 120 Å². The number of rotatable bonds is 3. The zero-order valence-electron chi connectivity index (χ0n) is 12.9. The Morgan fingerprint density at radius 2 is 2.00 bits per heavy atom. The van der Waals surface area contributed by atoms with Crippen LogP contribution in [0.2, 0.25) is 0 Å². The number of carbonyl (C=O) groups excluding carboxylic acids is 1. The third-order valence-corrected chi connectivity index (χ3v) is 3.91. The first kappa shape index (κ1) is 14.5. The molecule has 1 atom stereocenters. The van der Waals surface area contributed by atoms with Gasteiger partial charge in [0.25, 0.3) is 5.91 Å². The van der Waals surface area contributed by atoms with Crippen LogP contribution in [-0.2, 0) is 0 Å². The summed E-state index contributed by atoms with van der Waals surface area (Å²) in [5.74, 6) is 0.373. The summed E-state index contributed by atoms with van der Waals surface area (Å²) in [6.07, 6.45) is 1.05. The molecule has 1 heterocycles. The molecular formula is C17H22N2O. The maximum Gasteiger partial charge on any atom is 0.278 e. The van der Waals surface area contributed by atoms with Gasteiger partial charge in [-0.2, -0.15) is 5.10 Å². The molecule has 2 aromatic rings. The molecule has 3 nitrogen and oxygen atoms in total. The van der Waals surface area contributed by atoms with E-state index < -0.39 is 0 Å². The summed E-state index contributed by atoms with van der Waals surface area (Å²) >= 11 is 0. The zero-order chi connectivity index (χ0) is 14.9. The highest BCUT2D eigenvalue weighted by atomic mass is 16.2. The first-order chi connectivity index (χ1) is 9.45. The minimum absolute atomic E-state index is 0.0520. The second-order valence-corrected chi connectivity index (χ2v) is 5.48. The van der Waals surface area contributed by atoms with Gasteiger partial charge in [-0.1, -0.05) is 31.5 Å². The van der Waals surface area contributed by atoms with Crippen LogP contribution >= 0.6 is 0 Å². The van der Waals surface area contributed by atoms with Crippen molar-refractivity contribution in [2.45, 2.75) is 47.0 Å². The van der Waals surface area contributed by atoms with Crippen LogP contribution in [-0.4, -0.2) is 15.7 Å². The van der Waals surface area contributed by atoms with E-state index >= 15 is 0 Å². The Bertz CT molecular complexity index is 640. The molecule has 0 spiro atoms. The van der Waals surface area contributed by atoms with Crippen LogP contribution < -0.4 is 0 Å². The molecule has 0 amide bonds. The van der Waals surface area contributed by atoms with Crippen molar-refractivity contribution in [3.8, 4) is 0 Å². The summed E-state index contributed by atoms with van der Waals surface area (Å²) < 4.78 is 1.55. The highest BCUT2D eigenvalue weighted by Crippen LogP contribution is 2.26. The normalized spacial score (nSPS) is 12.4.